The van der Waals surface area contributed by atoms with Crippen LogP contribution in [0.4, 0.5) is 5.69 Å². The molecule has 0 N–H and O–H groups in total. The highest BCUT2D eigenvalue weighted by Crippen LogP contribution is 2.28. The summed E-state index contributed by atoms with van der Waals surface area (Å²) in [4.78, 5) is 14.5. The third kappa shape index (κ3) is 6.03. The number of ketones is 1. The molecule has 142 valence electrons. The van der Waals surface area contributed by atoms with Crippen molar-refractivity contribution in [1.29, 1.82) is 0 Å². The third-order valence-electron chi connectivity index (χ3n) is 4.02. The summed E-state index contributed by atoms with van der Waals surface area (Å²) in [6.07, 6.45) is 5.37. The van der Waals surface area contributed by atoms with Crippen molar-refractivity contribution in [3.05, 3.63) is 71.3 Å². The number of ether oxygens (including phenoxy) is 2. The molecule has 2 aromatic rings. The van der Waals surface area contributed by atoms with Crippen LogP contribution < -0.4 is 14.4 Å². The van der Waals surface area contributed by atoms with E-state index in [1.54, 1.807) is 31.4 Å². The van der Waals surface area contributed by atoms with Crippen molar-refractivity contribution in [2.45, 2.75) is 13.8 Å². The zero-order chi connectivity index (χ0) is 19.8. The average molecular weight is 365 g/mol. The van der Waals surface area contributed by atoms with Gasteiger partial charge in [-0.3, -0.25) is 4.79 Å². The smallest absolute Gasteiger partial charge is 0.185 e. The van der Waals surface area contributed by atoms with E-state index in [0.29, 0.717) is 23.7 Å². The van der Waals surface area contributed by atoms with Gasteiger partial charge in [-0.05, 0) is 61.9 Å². The van der Waals surface area contributed by atoms with Crippen LogP contribution in [0.25, 0.3) is 6.08 Å². The first-order valence-electron chi connectivity index (χ1n) is 8.84. The summed E-state index contributed by atoms with van der Waals surface area (Å²) in [6, 6.07) is 13.2. The van der Waals surface area contributed by atoms with Gasteiger partial charge in [-0.1, -0.05) is 23.8 Å². The van der Waals surface area contributed by atoms with Gasteiger partial charge in [-0.15, -0.1) is 0 Å². The molecule has 2 rings (SSSR count). The Morgan fingerprint density at radius 1 is 1.04 bits per heavy atom. The fraction of sp³-hybridized carbons (Fsp3) is 0.261. The number of carbonyl (C=O) groups excluding carboxylic acids is 1. The van der Waals surface area contributed by atoms with Gasteiger partial charge in [0.05, 0.1) is 7.11 Å². The number of anilines is 1. The molecule has 0 aliphatic heterocycles. The molecule has 0 heterocycles. The normalized spacial score (nSPS) is 10.6. The summed E-state index contributed by atoms with van der Waals surface area (Å²) in [5.74, 6) is 1.09. The molecule has 0 spiro atoms. The standard InChI is InChI=1S/C23H27NO3/c1-17(2)14-15-27-22-13-9-19(16-23(22)26-5)21(25)12-8-18-6-10-20(11-7-18)24(3)4/h6-14,16H,15H2,1-5H3/b12-8+. The molecule has 0 aliphatic rings. The van der Waals surface area contributed by atoms with Gasteiger partial charge in [0.2, 0.25) is 0 Å². The highest BCUT2D eigenvalue weighted by Gasteiger charge is 2.09. The molecule has 4 nitrogen and oxygen atoms in total. The third-order valence-corrected chi connectivity index (χ3v) is 4.02. The number of carbonyl (C=O) groups is 1. The van der Waals surface area contributed by atoms with Gasteiger partial charge in [0.1, 0.15) is 6.61 Å². The van der Waals surface area contributed by atoms with Gasteiger partial charge >= 0.3 is 0 Å². The summed E-state index contributed by atoms with van der Waals surface area (Å²) in [6.45, 7) is 4.50. The molecule has 0 unspecified atom stereocenters. The Bertz CT molecular complexity index is 829. The first kappa shape index (κ1) is 20.3. The van der Waals surface area contributed by atoms with E-state index in [-0.39, 0.29) is 5.78 Å². The lowest BCUT2D eigenvalue weighted by molar-refractivity contribution is 0.104. The number of allylic oxidation sites excluding steroid dienone is 2. The van der Waals surface area contributed by atoms with Crippen molar-refractivity contribution in [3.63, 3.8) is 0 Å². The van der Waals surface area contributed by atoms with Crippen molar-refractivity contribution in [2.75, 3.05) is 32.7 Å². The zero-order valence-electron chi connectivity index (χ0n) is 16.7. The van der Waals surface area contributed by atoms with Gasteiger partial charge in [0, 0.05) is 25.3 Å². The van der Waals surface area contributed by atoms with Crippen LogP contribution in [-0.4, -0.2) is 33.6 Å². The summed E-state index contributed by atoms with van der Waals surface area (Å²) in [5, 5.41) is 0. The SMILES string of the molecule is COc1cc(C(=O)/C=C/c2ccc(N(C)C)cc2)ccc1OCC=C(C)C. The van der Waals surface area contributed by atoms with Crippen LogP contribution in [0.3, 0.4) is 0 Å². The maximum absolute atomic E-state index is 12.5. The minimum absolute atomic E-state index is 0.0826. The van der Waals surface area contributed by atoms with E-state index in [2.05, 4.69) is 0 Å². The van der Waals surface area contributed by atoms with Gasteiger partial charge < -0.3 is 14.4 Å². The van der Waals surface area contributed by atoms with Crippen LogP contribution in [0.1, 0.15) is 29.8 Å². The molecule has 27 heavy (non-hydrogen) atoms. The number of hydrogen-bond acceptors (Lipinski definition) is 4. The Labute approximate surface area is 161 Å². The Kier molecular flexibility index (Phi) is 7.24. The van der Waals surface area contributed by atoms with E-state index in [0.717, 1.165) is 11.3 Å². The number of benzene rings is 2. The summed E-state index contributed by atoms with van der Waals surface area (Å²) >= 11 is 0. The average Bonchev–Trinajstić information content (AvgIpc) is 2.66. The molecule has 0 atom stereocenters. The number of nitrogens with zero attached hydrogens (tertiary/aromatic N) is 1. The topological polar surface area (TPSA) is 38.8 Å². The van der Waals surface area contributed by atoms with Gasteiger partial charge in [0.25, 0.3) is 0 Å². The Balaban J connectivity index is 2.10. The summed E-state index contributed by atoms with van der Waals surface area (Å²) in [5.41, 5.74) is 3.83. The second kappa shape index (κ2) is 9.62. The molecule has 2 aromatic carbocycles. The van der Waals surface area contributed by atoms with E-state index in [1.807, 2.05) is 69.3 Å². The first-order chi connectivity index (χ1) is 12.9. The van der Waals surface area contributed by atoms with Crippen LogP contribution in [-0.2, 0) is 0 Å². The fourth-order valence-corrected chi connectivity index (χ4v) is 2.39. The van der Waals surface area contributed by atoms with Crippen LogP contribution in [0.5, 0.6) is 11.5 Å². The Morgan fingerprint density at radius 3 is 2.33 bits per heavy atom. The predicted octanol–water partition coefficient (Wildman–Crippen LogP) is 5.00. The maximum Gasteiger partial charge on any atom is 0.185 e. The molecular weight excluding hydrogens is 338 g/mol. The molecule has 0 saturated heterocycles. The Hall–Kier alpha value is -3.01. The second-order valence-corrected chi connectivity index (χ2v) is 6.64. The molecule has 0 aromatic heterocycles. The molecule has 0 bridgehead atoms. The number of rotatable bonds is 8. The second-order valence-electron chi connectivity index (χ2n) is 6.64. The zero-order valence-corrected chi connectivity index (χ0v) is 16.7. The molecule has 0 aliphatic carbocycles. The minimum atomic E-state index is -0.0826. The van der Waals surface area contributed by atoms with Crippen LogP contribution in [0.2, 0.25) is 0 Å². The molecule has 0 fully saturated rings. The first-order valence-corrected chi connectivity index (χ1v) is 8.84. The molecule has 0 amide bonds. The van der Waals surface area contributed by atoms with Crippen LogP contribution in [0.15, 0.2) is 60.2 Å². The lowest BCUT2D eigenvalue weighted by Crippen LogP contribution is -2.07. The van der Waals surface area contributed by atoms with Crippen molar-refractivity contribution >= 4 is 17.5 Å². The van der Waals surface area contributed by atoms with E-state index in [1.165, 1.54) is 5.57 Å². The molecule has 0 saturated carbocycles. The van der Waals surface area contributed by atoms with E-state index < -0.39 is 0 Å². The highest BCUT2D eigenvalue weighted by molar-refractivity contribution is 6.07. The van der Waals surface area contributed by atoms with Crippen LogP contribution in [0, 0.1) is 0 Å². The van der Waals surface area contributed by atoms with Gasteiger partial charge in [-0.25, -0.2) is 0 Å². The van der Waals surface area contributed by atoms with E-state index in [9.17, 15) is 4.79 Å². The maximum atomic E-state index is 12.5. The van der Waals surface area contributed by atoms with Crippen molar-refractivity contribution in [3.8, 4) is 11.5 Å². The van der Waals surface area contributed by atoms with Crippen LogP contribution >= 0.6 is 0 Å². The quantitative estimate of drug-likeness (QED) is 0.375. The largest absolute Gasteiger partial charge is 0.493 e. The summed E-state index contributed by atoms with van der Waals surface area (Å²) in [7, 11) is 5.56. The van der Waals surface area contributed by atoms with Gasteiger partial charge in [0.15, 0.2) is 17.3 Å². The monoisotopic (exact) mass is 365 g/mol. The molecule has 4 heteroatoms. The van der Waals surface area contributed by atoms with E-state index in [4.69, 9.17) is 9.47 Å². The van der Waals surface area contributed by atoms with Crippen molar-refractivity contribution < 1.29 is 14.3 Å². The number of methoxy groups -OCH3 is 1. The van der Waals surface area contributed by atoms with Crippen molar-refractivity contribution in [1.82, 2.24) is 0 Å². The lowest BCUT2D eigenvalue weighted by Gasteiger charge is -2.11. The number of hydrogen-bond donors (Lipinski definition) is 0. The summed E-state index contributed by atoms with van der Waals surface area (Å²) < 4.78 is 11.1. The predicted molar refractivity (Wildman–Crippen MR) is 112 cm³/mol. The molecular formula is C23H27NO3. The molecule has 0 radical (unpaired) electrons. The van der Waals surface area contributed by atoms with E-state index >= 15 is 0 Å². The van der Waals surface area contributed by atoms with Gasteiger partial charge in [-0.2, -0.15) is 0 Å². The highest BCUT2D eigenvalue weighted by atomic mass is 16.5. The fourth-order valence-electron chi connectivity index (χ4n) is 2.39. The van der Waals surface area contributed by atoms with Crippen molar-refractivity contribution in [2.24, 2.45) is 0 Å². The Morgan fingerprint density at radius 2 is 1.74 bits per heavy atom. The minimum Gasteiger partial charge on any atom is -0.493 e. The lowest BCUT2D eigenvalue weighted by atomic mass is 10.1.